The van der Waals surface area contributed by atoms with E-state index >= 15 is 0 Å². The summed E-state index contributed by atoms with van der Waals surface area (Å²) in [5.74, 6) is -0.888. The van der Waals surface area contributed by atoms with E-state index in [0.29, 0.717) is 12.6 Å². The minimum Gasteiger partial charge on any atom is -0.478 e. The van der Waals surface area contributed by atoms with E-state index in [9.17, 15) is 4.79 Å². The third kappa shape index (κ3) is 3.57. The van der Waals surface area contributed by atoms with Crippen LogP contribution in [-0.2, 0) is 9.53 Å². The maximum Gasteiger partial charge on any atom is 0.328 e. The molecule has 0 bridgehead atoms. The number of carboxylic acids is 1. The molecule has 0 aromatic rings. The molecule has 4 heteroatoms. The molecule has 1 N–H and O–H groups in total. The molecule has 0 aromatic heterocycles. The van der Waals surface area contributed by atoms with Gasteiger partial charge in [0.15, 0.2) is 0 Å². The number of morpholine rings is 1. The fourth-order valence-electron chi connectivity index (χ4n) is 1.32. The normalized spacial score (nSPS) is 25.2. The van der Waals surface area contributed by atoms with Crippen molar-refractivity contribution < 1.29 is 14.6 Å². The largest absolute Gasteiger partial charge is 0.478 e. The summed E-state index contributed by atoms with van der Waals surface area (Å²) in [7, 11) is 0. The summed E-state index contributed by atoms with van der Waals surface area (Å²) in [5, 5.41) is 8.38. The Morgan fingerprint density at radius 3 is 3.15 bits per heavy atom. The lowest BCUT2D eigenvalue weighted by Gasteiger charge is -2.32. The predicted octanol–water partition coefficient (Wildman–Crippen LogP) is 0.348. The highest BCUT2D eigenvalue weighted by Crippen LogP contribution is 2.05. The Morgan fingerprint density at radius 2 is 2.54 bits per heavy atom. The van der Waals surface area contributed by atoms with Gasteiger partial charge >= 0.3 is 5.97 Å². The van der Waals surface area contributed by atoms with Gasteiger partial charge in [0.05, 0.1) is 13.2 Å². The van der Waals surface area contributed by atoms with Gasteiger partial charge in [-0.2, -0.15) is 0 Å². The average molecular weight is 185 g/mol. The molecule has 0 spiro atoms. The topological polar surface area (TPSA) is 49.8 Å². The molecule has 0 saturated carbocycles. The molecule has 0 aliphatic carbocycles. The summed E-state index contributed by atoms with van der Waals surface area (Å²) in [4.78, 5) is 12.4. The molecule has 0 amide bonds. The summed E-state index contributed by atoms with van der Waals surface area (Å²) < 4.78 is 5.26. The molecule has 1 saturated heterocycles. The molecule has 1 heterocycles. The summed E-state index contributed by atoms with van der Waals surface area (Å²) >= 11 is 0. The Morgan fingerprint density at radius 1 is 1.77 bits per heavy atom. The van der Waals surface area contributed by atoms with Crippen LogP contribution in [-0.4, -0.2) is 48.3 Å². The number of ether oxygens (including phenoxy) is 1. The first-order valence-corrected chi connectivity index (χ1v) is 4.41. The molecule has 13 heavy (non-hydrogen) atoms. The minimum atomic E-state index is -0.888. The van der Waals surface area contributed by atoms with Crippen molar-refractivity contribution >= 4 is 5.97 Å². The molecule has 1 rings (SSSR count). The first-order chi connectivity index (χ1) is 6.20. The SMILES string of the molecule is CC1COCCN1CC=CC(=O)O. The van der Waals surface area contributed by atoms with Crippen molar-refractivity contribution in [1.82, 2.24) is 4.90 Å². The van der Waals surface area contributed by atoms with E-state index in [0.717, 1.165) is 19.8 Å². The van der Waals surface area contributed by atoms with Gasteiger partial charge in [-0.15, -0.1) is 0 Å². The van der Waals surface area contributed by atoms with Crippen molar-refractivity contribution in [1.29, 1.82) is 0 Å². The molecular weight excluding hydrogens is 170 g/mol. The van der Waals surface area contributed by atoms with Gasteiger partial charge in [-0.1, -0.05) is 6.08 Å². The van der Waals surface area contributed by atoms with Crippen LogP contribution in [0.3, 0.4) is 0 Å². The van der Waals surface area contributed by atoms with Crippen molar-refractivity contribution in [3.8, 4) is 0 Å². The van der Waals surface area contributed by atoms with Crippen LogP contribution in [0.15, 0.2) is 12.2 Å². The predicted molar refractivity (Wildman–Crippen MR) is 48.6 cm³/mol. The monoisotopic (exact) mass is 185 g/mol. The molecule has 4 nitrogen and oxygen atoms in total. The molecule has 0 radical (unpaired) electrons. The van der Waals surface area contributed by atoms with E-state index < -0.39 is 5.97 Å². The zero-order valence-corrected chi connectivity index (χ0v) is 7.77. The first-order valence-electron chi connectivity index (χ1n) is 4.41. The van der Waals surface area contributed by atoms with E-state index in [-0.39, 0.29) is 0 Å². The van der Waals surface area contributed by atoms with Crippen LogP contribution in [0.5, 0.6) is 0 Å². The Labute approximate surface area is 77.8 Å². The number of aliphatic carboxylic acids is 1. The summed E-state index contributed by atoms with van der Waals surface area (Å²) in [6.07, 6.45) is 2.85. The van der Waals surface area contributed by atoms with E-state index in [2.05, 4.69) is 11.8 Å². The molecule has 1 aliphatic heterocycles. The molecular formula is C9H15NO3. The Hall–Kier alpha value is -0.870. The molecule has 74 valence electrons. The van der Waals surface area contributed by atoms with Gasteiger partial charge in [0.2, 0.25) is 0 Å². The zero-order valence-electron chi connectivity index (χ0n) is 7.77. The minimum absolute atomic E-state index is 0.382. The van der Waals surface area contributed by atoms with Crippen molar-refractivity contribution in [3.63, 3.8) is 0 Å². The third-order valence-corrected chi connectivity index (χ3v) is 2.11. The Kier molecular flexibility index (Phi) is 3.92. The van der Waals surface area contributed by atoms with Crippen LogP contribution < -0.4 is 0 Å². The van der Waals surface area contributed by atoms with Gasteiger partial charge in [0.1, 0.15) is 0 Å². The summed E-state index contributed by atoms with van der Waals surface area (Å²) in [6.45, 7) is 5.13. The number of nitrogens with zero attached hydrogens (tertiary/aromatic N) is 1. The fraction of sp³-hybridized carbons (Fsp3) is 0.667. The van der Waals surface area contributed by atoms with Crippen LogP contribution in [0.1, 0.15) is 6.92 Å². The number of carbonyl (C=O) groups is 1. The first kappa shape index (κ1) is 10.2. The fourth-order valence-corrected chi connectivity index (χ4v) is 1.32. The number of rotatable bonds is 3. The Balaban J connectivity index is 2.30. The second kappa shape index (κ2) is 4.99. The average Bonchev–Trinajstić information content (AvgIpc) is 2.08. The molecule has 1 atom stereocenters. The molecule has 1 unspecified atom stereocenters. The van der Waals surface area contributed by atoms with Crippen LogP contribution in [0.4, 0.5) is 0 Å². The van der Waals surface area contributed by atoms with E-state index in [1.54, 1.807) is 6.08 Å². The lowest BCUT2D eigenvalue weighted by molar-refractivity contribution is -0.131. The van der Waals surface area contributed by atoms with Gasteiger partial charge in [-0.25, -0.2) is 4.79 Å². The van der Waals surface area contributed by atoms with E-state index in [1.807, 2.05) is 0 Å². The van der Waals surface area contributed by atoms with Crippen LogP contribution in [0, 0.1) is 0 Å². The standard InChI is InChI=1S/C9H15NO3/c1-8-7-13-6-5-10(8)4-2-3-9(11)12/h2-3,8H,4-7H2,1H3,(H,11,12). The zero-order chi connectivity index (χ0) is 9.68. The number of carboxylic acid groups (broad SMARTS) is 1. The van der Waals surface area contributed by atoms with Gasteiger partial charge in [0.25, 0.3) is 0 Å². The van der Waals surface area contributed by atoms with Crippen molar-refractivity contribution in [3.05, 3.63) is 12.2 Å². The number of hydrogen-bond donors (Lipinski definition) is 1. The van der Waals surface area contributed by atoms with Gasteiger partial charge in [-0.05, 0) is 6.92 Å². The second-order valence-corrected chi connectivity index (χ2v) is 3.16. The van der Waals surface area contributed by atoms with Gasteiger partial charge in [-0.3, -0.25) is 4.90 Å². The summed E-state index contributed by atoms with van der Waals surface area (Å²) in [5.41, 5.74) is 0. The van der Waals surface area contributed by atoms with Crippen molar-refractivity contribution in [2.45, 2.75) is 13.0 Å². The van der Waals surface area contributed by atoms with Crippen LogP contribution in [0.2, 0.25) is 0 Å². The Bertz CT molecular complexity index is 203. The highest BCUT2D eigenvalue weighted by Gasteiger charge is 2.16. The second-order valence-electron chi connectivity index (χ2n) is 3.16. The number of hydrogen-bond acceptors (Lipinski definition) is 3. The van der Waals surface area contributed by atoms with Crippen molar-refractivity contribution in [2.24, 2.45) is 0 Å². The lowest BCUT2D eigenvalue weighted by Crippen LogP contribution is -2.43. The smallest absolute Gasteiger partial charge is 0.328 e. The van der Waals surface area contributed by atoms with Crippen molar-refractivity contribution in [2.75, 3.05) is 26.3 Å². The maximum atomic E-state index is 10.2. The lowest BCUT2D eigenvalue weighted by atomic mass is 10.2. The van der Waals surface area contributed by atoms with Crippen LogP contribution >= 0.6 is 0 Å². The van der Waals surface area contributed by atoms with Gasteiger partial charge < -0.3 is 9.84 Å². The third-order valence-electron chi connectivity index (χ3n) is 2.11. The highest BCUT2D eigenvalue weighted by atomic mass is 16.5. The maximum absolute atomic E-state index is 10.2. The van der Waals surface area contributed by atoms with E-state index in [1.165, 1.54) is 6.08 Å². The molecule has 0 aromatic carbocycles. The molecule has 1 aliphatic rings. The van der Waals surface area contributed by atoms with Gasteiger partial charge in [0, 0.05) is 25.2 Å². The quantitative estimate of drug-likeness (QED) is 0.644. The highest BCUT2D eigenvalue weighted by molar-refractivity contribution is 5.79. The van der Waals surface area contributed by atoms with Crippen LogP contribution in [0.25, 0.3) is 0 Å². The summed E-state index contributed by atoms with van der Waals surface area (Å²) in [6, 6.07) is 0.382. The van der Waals surface area contributed by atoms with E-state index in [4.69, 9.17) is 9.84 Å². The molecule has 1 fully saturated rings.